The number of anilines is 3. The van der Waals surface area contributed by atoms with Gasteiger partial charge in [-0.25, -0.2) is 4.98 Å². The van der Waals surface area contributed by atoms with Crippen LogP contribution in [0.2, 0.25) is 5.02 Å². The van der Waals surface area contributed by atoms with E-state index in [0.717, 1.165) is 42.7 Å². The predicted octanol–water partition coefficient (Wildman–Crippen LogP) is 5.52. The van der Waals surface area contributed by atoms with Crippen LogP contribution < -0.4 is 11.1 Å². The van der Waals surface area contributed by atoms with E-state index >= 15 is 0 Å². The summed E-state index contributed by atoms with van der Waals surface area (Å²) in [4.78, 5) is 18.5. The van der Waals surface area contributed by atoms with Crippen molar-refractivity contribution in [2.75, 3.05) is 11.1 Å². The molecule has 2 aromatic rings. The Labute approximate surface area is 162 Å². The molecule has 0 saturated heterocycles. The van der Waals surface area contributed by atoms with Crippen LogP contribution in [0, 0.1) is 23.2 Å². The van der Waals surface area contributed by atoms with Gasteiger partial charge < -0.3 is 11.1 Å². The maximum absolute atomic E-state index is 13.5. The Bertz CT molecular complexity index is 842. The monoisotopic (exact) mass is 387 g/mol. The Morgan fingerprint density at radius 2 is 1.85 bits per heavy atom. The number of benzene rings is 1. The van der Waals surface area contributed by atoms with Gasteiger partial charge in [0, 0.05) is 16.1 Å². The van der Waals surface area contributed by atoms with Crippen LogP contribution in [0.1, 0.15) is 48.2 Å². The molecule has 6 rings (SSSR count). The van der Waals surface area contributed by atoms with E-state index in [2.05, 4.69) is 10.3 Å². The molecule has 0 spiro atoms. The Morgan fingerprint density at radius 1 is 1.19 bits per heavy atom. The summed E-state index contributed by atoms with van der Waals surface area (Å²) in [7, 11) is 0. The molecule has 1 aromatic carbocycles. The van der Waals surface area contributed by atoms with E-state index in [9.17, 15) is 4.79 Å². The number of carbonyl (C=O) groups excluding carboxylic acids is 1. The normalized spacial score (nSPS) is 32.0. The molecule has 0 unspecified atom stereocenters. The van der Waals surface area contributed by atoms with Crippen LogP contribution in [-0.2, 0) is 0 Å². The van der Waals surface area contributed by atoms with Crippen LogP contribution in [0.3, 0.4) is 0 Å². The molecule has 136 valence electrons. The Balaban J connectivity index is 1.42. The number of Topliss-reactive ketones (excluding diaryl/α,β-unsaturated/α-hetero) is 1. The molecule has 26 heavy (non-hydrogen) atoms. The number of hydrogen-bond acceptors (Lipinski definition) is 5. The maximum Gasteiger partial charge on any atom is 0.189 e. The number of nitrogen functional groups attached to an aromatic ring is 1. The highest BCUT2D eigenvalue weighted by atomic mass is 35.5. The fraction of sp³-hybridized carbons (Fsp3) is 0.500. The van der Waals surface area contributed by atoms with Gasteiger partial charge in [0.05, 0.1) is 0 Å². The molecule has 0 amide bonds. The van der Waals surface area contributed by atoms with E-state index in [1.165, 1.54) is 30.6 Å². The molecule has 4 saturated carbocycles. The number of nitrogens with two attached hydrogens (primary N) is 1. The number of nitrogens with one attached hydrogen (secondary N) is 1. The van der Waals surface area contributed by atoms with Crippen LogP contribution in [-0.4, -0.2) is 10.8 Å². The molecule has 6 heteroatoms. The Morgan fingerprint density at radius 3 is 2.46 bits per heavy atom. The number of carbonyl (C=O) groups is 1. The standard InChI is InChI=1S/C20H22ClN3OS/c21-14-2-1-3-15(7-14)23-19-24-18(22)16(26-19)17(25)20-8-11-4-12(9-20)6-13(5-11)10-20/h1-3,7,11-13H,4-6,8-10,22H2,(H,23,24). The number of ketones is 1. The minimum Gasteiger partial charge on any atom is -0.382 e. The lowest BCUT2D eigenvalue weighted by molar-refractivity contribution is -0.0350. The summed E-state index contributed by atoms with van der Waals surface area (Å²) in [6.45, 7) is 0. The van der Waals surface area contributed by atoms with Crippen LogP contribution in [0.25, 0.3) is 0 Å². The van der Waals surface area contributed by atoms with Gasteiger partial charge in [0.25, 0.3) is 0 Å². The smallest absolute Gasteiger partial charge is 0.189 e. The molecule has 4 aliphatic rings. The third-order valence-corrected chi connectivity index (χ3v) is 7.68. The van der Waals surface area contributed by atoms with Crippen molar-refractivity contribution in [1.29, 1.82) is 0 Å². The first-order chi connectivity index (χ1) is 12.5. The quantitative estimate of drug-likeness (QED) is 0.677. The second kappa shape index (κ2) is 5.96. The SMILES string of the molecule is Nc1nc(Nc2cccc(Cl)c2)sc1C(=O)C12CC3CC(CC(C3)C1)C2. The second-order valence-electron chi connectivity index (χ2n) is 8.40. The zero-order valence-corrected chi connectivity index (χ0v) is 16.1. The van der Waals surface area contributed by atoms with E-state index in [0.29, 0.717) is 20.8 Å². The number of halogens is 1. The van der Waals surface area contributed by atoms with Crippen LogP contribution in [0.15, 0.2) is 24.3 Å². The zero-order valence-electron chi connectivity index (χ0n) is 14.5. The minimum absolute atomic E-state index is 0.178. The van der Waals surface area contributed by atoms with Crippen molar-refractivity contribution >= 4 is 45.4 Å². The van der Waals surface area contributed by atoms with Crippen molar-refractivity contribution < 1.29 is 4.79 Å². The summed E-state index contributed by atoms with van der Waals surface area (Å²) in [6.07, 6.45) is 7.12. The van der Waals surface area contributed by atoms with Crippen molar-refractivity contribution in [3.8, 4) is 0 Å². The molecule has 1 heterocycles. The molecular weight excluding hydrogens is 366 g/mol. The maximum atomic E-state index is 13.5. The lowest BCUT2D eigenvalue weighted by Gasteiger charge is -2.55. The van der Waals surface area contributed by atoms with Crippen molar-refractivity contribution in [2.24, 2.45) is 23.2 Å². The number of aromatic nitrogens is 1. The third kappa shape index (κ3) is 2.72. The van der Waals surface area contributed by atoms with Gasteiger partial charge in [-0.1, -0.05) is 29.0 Å². The number of thiazole rings is 1. The van der Waals surface area contributed by atoms with E-state index in [1.807, 2.05) is 24.3 Å². The molecule has 0 atom stereocenters. The molecule has 3 N–H and O–H groups in total. The summed E-state index contributed by atoms with van der Waals surface area (Å²) < 4.78 is 0. The van der Waals surface area contributed by atoms with Gasteiger partial charge in [-0.05, 0) is 74.5 Å². The zero-order chi connectivity index (χ0) is 17.9. The average molecular weight is 388 g/mol. The van der Waals surface area contributed by atoms with Gasteiger partial charge in [-0.15, -0.1) is 0 Å². The summed E-state index contributed by atoms with van der Waals surface area (Å²) >= 11 is 7.42. The highest BCUT2D eigenvalue weighted by Gasteiger charge is 2.55. The molecule has 0 aliphatic heterocycles. The van der Waals surface area contributed by atoms with E-state index < -0.39 is 0 Å². The van der Waals surface area contributed by atoms with E-state index in [4.69, 9.17) is 17.3 Å². The summed E-state index contributed by atoms with van der Waals surface area (Å²) in [6, 6.07) is 7.46. The predicted molar refractivity (Wildman–Crippen MR) is 106 cm³/mol. The average Bonchev–Trinajstić information content (AvgIpc) is 2.93. The highest BCUT2D eigenvalue weighted by Crippen LogP contribution is 2.61. The fourth-order valence-corrected chi connectivity index (χ4v) is 7.02. The second-order valence-corrected chi connectivity index (χ2v) is 9.83. The number of rotatable bonds is 4. The van der Waals surface area contributed by atoms with Gasteiger partial charge in [-0.2, -0.15) is 0 Å². The summed E-state index contributed by atoms with van der Waals surface area (Å²) in [5.41, 5.74) is 6.83. The van der Waals surface area contributed by atoms with Gasteiger partial charge in [0.2, 0.25) is 0 Å². The van der Waals surface area contributed by atoms with Gasteiger partial charge >= 0.3 is 0 Å². The first-order valence-electron chi connectivity index (χ1n) is 9.34. The lowest BCUT2D eigenvalue weighted by atomic mass is 9.48. The van der Waals surface area contributed by atoms with Gasteiger partial charge in [0.1, 0.15) is 10.7 Å². The van der Waals surface area contributed by atoms with Gasteiger partial charge in [-0.3, -0.25) is 4.79 Å². The lowest BCUT2D eigenvalue weighted by Crippen LogP contribution is -2.49. The van der Waals surface area contributed by atoms with Crippen LogP contribution >= 0.6 is 22.9 Å². The largest absolute Gasteiger partial charge is 0.382 e. The van der Waals surface area contributed by atoms with Crippen molar-refractivity contribution in [3.05, 3.63) is 34.2 Å². The Kier molecular flexibility index (Phi) is 3.80. The molecule has 4 aliphatic carbocycles. The number of nitrogens with zero attached hydrogens (tertiary/aromatic N) is 1. The molecule has 1 aromatic heterocycles. The summed E-state index contributed by atoms with van der Waals surface area (Å²) in [5.74, 6) is 2.82. The van der Waals surface area contributed by atoms with Crippen molar-refractivity contribution in [2.45, 2.75) is 38.5 Å². The molecular formula is C20H22ClN3OS. The molecule has 4 fully saturated rings. The van der Waals surface area contributed by atoms with Gasteiger partial charge in [0.15, 0.2) is 10.9 Å². The number of hydrogen-bond donors (Lipinski definition) is 2. The fourth-order valence-electron chi connectivity index (χ4n) is 5.87. The van der Waals surface area contributed by atoms with Crippen LogP contribution in [0.4, 0.5) is 16.6 Å². The first kappa shape index (κ1) is 16.6. The molecule has 0 radical (unpaired) electrons. The third-order valence-electron chi connectivity index (χ3n) is 6.46. The van der Waals surface area contributed by atoms with Crippen LogP contribution in [0.5, 0.6) is 0 Å². The van der Waals surface area contributed by atoms with E-state index in [1.54, 1.807) is 0 Å². The molecule has 4 nitrogen and oxygen atoms in total. The van der Waals surface area contributed by atoms with E-state index in [-0.39, 0.29) is 11.2 Å². The molecule has 4 bridgehead atoms. The van der Waals surface area contributed by atoms with Crippen molar-refractivity contribution in [1.82, 2.24) is 4.98 Å². The highest BCUT2D eigenvalue weighted by molar-refractivity contribution is 7.18. The topological polar surface area (TPSA) is 68.0 Å². The first-order valence-corrected chi connectivity index (χ1v) is 10.5. The Hall–Kier alpha value is -1.59. The minimum atomic E-state index is -0.178. The summed E-state index contributed by atoms with van der Waals surface area (Å²) in [5, 5.41) is 4.53. The van der Waals surface area contributed by atoms with Crippen molar-refractivity contribution in [3.63, 3.8) is 0 Å².